The number of rotatable bonds is 7. The van der Waals surface area contributed by atoms with Gasteiger partial charge >= 0.3 is 0 Å². The number of likely N-dealkylation sites (tertiary alicyclic amines) is 1. The number of nitrogens with zero attached hydrogens (tertiary/aromatic N) is 3. The molecular weight excluding hydrogens is 410 g/mol. The van der Waals surface area contributed by atoms with Crippen molar-refractivity contribution in [2.24, 2.45) is 0 Å². The Hall–Kier alpha value is -1.96. The van der Waals surface area contributed by atoms with Crippen LogP contribution in [0.2, 0.25) is 0 Å². The SMILES string of the molecule is Cc1cc(C(=O)CN2CC[C@H](N(C)Cc3ccccc3)C2)c(C)n1[C@@H]1CCS(=O)(=O)C1. The summed E-state index contributed by atoms with van der Waals surface area (Å²) in [6, 6.07) is 12.8. The van der Waals surface area contributed by atoms with Gasteiger partial charge in [-0.1, -0.05) is 30.3 Å². The van der Waals surface area contributed by atoms with E-state index in [2.05, 4.69) is 45.7 Å². The van der Waals surface area contributed by atoms with Gasteiger partial charge in [-0.15, -0.1) is 0 Å². The zero-order valence-electron chi connectivity index (χ0n) is 18.8. The Labute approximate surface area is 185 Å². The molecule has 7 heteroatoms. The Morgan fingerprint density at radius 1 is 1.16 bits per heavy atom. The van der Waals surface area contributed by atoms with Crippen molar-refractivity contribution < 1.29 is 13.2 Å². The van der Waals surface area contributed by atoms with Crippen LogP contribution in [0.25, 0.3) is 0 Å². The summed E-state index contributed by atoms with van der Waals surface area (Å²) in [4.78, 5) is 17.7. The number of hydrogen-bond donors (Lipinski definition) is 0. The Kier molecular flexibility index (Phi) is 6.37. The van der Waals surface area contributed by atoms with E-state index in [0.29, 0.717) is 19.0 Å². The Morgan fingerprint density at radius 2 is 1.90 bits per heavy atom. The van der Waals surface area contributed by atoms with Gasteiger partial charge in [-0.2, -0.15) is 0 Å². The van der Waals surface area contributed by atoms with E-state index < -0.39 is 9.84 Å². The second kappa shape index (κ2) is 8.88. The molecule has 2 aliphatic rings. The number of Topliss-reactive ketones (excluding diaryl/α,β-unsaturated/α-hetero) is 1. The van der Waals surface area contributed by atoms with Crippen LogP contribution < -0.4 is 0 Å². The number of carbonyl (C=O) groups excluding carboxylic acids is 1. The maximum Gasteiger partial charge on any atom is 0.178 e. The molecule has 0 spiro atoms. The summed E-state index contributed by atoms with van der Waals surface area (Å²) < 4.78 is 25.9. The van der Waals surface area contributed by atoms with Crippen molar-refractivity contribution in [3.8, 4) is 0 Å². The van der Waals surface area contributed by atoms with Crippen LogP contribution in [0.15, 0.2) is 36.4 Å². The molecular formula is C24H33N3O3S. The number of aryl methyl sites for hydroxylation is 1. The lowest BCUT2D eigenvalue weighted by atomic mass is 10.1. The van der Waals surface area contributed by atoms with E-state index in [0.717, 1.165) is 43.0 Å². The summed E-state index contributed by atoms with van der Waals surface area (Å²) in [7, 11) is -0.803. The number of likely N-dealkylation sites (N-methyl/N-ethyl adjacent to an activating group) is 1. The normalized spacial score (nSPS) is 23.6. The largest absolute Gasteiger partial charge is 0.344 e. The molecule has 2 fully saturated rings. The number of hydrogen-bond acceptors (Lipinski definition) is 5. The summed E-state index contributed by atoms with van der Waals surface area (Å²) in [5, 5.41) is 0. The lowest BCUT2D eigenvalue weighted by Crippen LogP contribution is -2.35. The molecule has 0 amide bonds. The van der Waals surface area contributed by atoms with Crippen molar-refractivity contribution in [1.82, 2.24) is 14.4 Å². The fraction of sp³-hybridized carbons (Fsp3) is 0.542. The molecule has 31 heavy (non-hydrogen) atoms. The summed E-state index contributed by atoms with van der Waals surface area (Å²) in [6.07, 6.45) is 1.70. The topological polar surface area (TPSA) is 62.6 Å². The molecule has 1 aromatic carbocycles. The highest BCUT2D eigenvalue weighted by molar-refractivity contribution is 7.91. The number of benzene rings is 1. The molecule has 0 saturated carbocycles. The van der Waals surface area contributed by atoms with Crippen LogP contribution in [0.3, 0.4) is 0 Å². The second-order valence-corrected chi connectivity index (χ2v) is 11.4. The monoisotopic (exact) mass is 443 g/mol. The predicted molar refractivity (Wildman–Crippen MR) is 123 cm³/mol. The molecule has 2 atom stereocenters. The van der Waals surface area contributed by atoms with E-state index in [4.69, 9.17) is 0 Å². The highest BCUT2D eigenvalue weighted by Crippen LogP contribution is 2.29. The molecule has 3 heterocycles. The molecule has 2 aliphatic heterocycles. The van der Waals surface area contributed by atoms with Crippen molar-refractivity contribution in [3.05, 3.63) is 58.9 Å². The number of sulfone groups is 1. The summed E-state index contributed by atoms with van der Waals surface area (Å²) in [5.74, 6) is 0.550. The molecule has 0 radical (unpaired) electrons. The van der Waals surface area contributed by atoms with Gasteiger partial charge in [0.15, 0.2) is 15.6 Å². The Bertz CT molecular complexity index is 1050. The highest BCUT2D eigenvalue weighted by atomic mass is 32.2. The van der Waals surface area contributed by atoms with Crippen molar-refractivity contribution in [2.75, 3.05) is 38.2 Å². The van der Waals surface area contributed by atoms with E-state index in [-0.39, 0.29) is 23.3 Å². The van der Waals surface area contributed by atoms with Gasteiger partial charge in [0.2, 0.25) is 0 Å². The van der Waals surface area contributed by atoms with E-state index in [1.165, 1.54) is 5.56 Å². The zero-order valence-corrected chi connectivity index (χ0v) is 19.6. The third-order valence-electron chi connectivity index (χ3n) is 6.87. The summed E-state index contributed by atoms with van der Waals surface area (Å²) in [6.45, 7) is 7.08. The minimum Gasteiger partial charge on any atom is -0.344 e. The molecule has 2 saturated heterocycles. The van der Waals surface area contributed by atoms with Crippen molar-refractivity contribution in [1.29, 1.82) is 0 Å². The molecule has 6 nitrogen and oxygen atoms in total. The number of aromatic nitrogens is 1. The maximum atomic E-state index is 13.1. The summed E-state index contributed by atoms with van der Waals surface area (Å²) in [5.41, 5.74) is 3.93. The molecule has 1 aromatic heterocycles. The third kappa shape index (κ3) is 4.94. The number of ketones is 1. The van der Waals surface area contributed by atoms with Gasteiger partial charge in [-0.05, 0) is 45.4 Å². The van der Waals surface area contributed by atoms with E-state index in [1.807, 2.05) is 26.0 Å². The first-order valence-corrected chi connectivity index (χ1v) is 12.9. The van der Waals surface area contributed by atoms with Gasteiger partial charge in [0.05, 0.1) is 18.1 Å². The van der Waals surface area contributed by atoms with Crippen LogP contribution in [0.5, 0.6) is 0 Å². The molecule has 0 unspecified atom stereocenters. The maximum absolute atomic E-state index is 13.1. The van der Waals surface area contributed by atoms with Gasteiger partial charge in [-0.3, -0.25) is 14.6 Å². The smallest absolute Gasteiger partial charge is 0.178 e. The van der Waals surface area contributed by atoms with Crippen LogP contribution >= 0.6 is 0 Å². The van der Waals surface area contributed by atoms with Gasteiger partial charge in [-0.25, -0.2) is 8.42 Å². The Morgan fingerprint density at radius 3 is 2.58 bits per heavy atom. The molecule has 0 N–H and O–H groups in total. The fourth-order valence-corrected chi connectivity index (χ4v) is 6.90. The number of carbonyl (C=O) groups is 1. The highest BCUT2D eigenvalue weighted by Gasteiger charge is 2.32. The second-order valence-electron chi connectivity index (χ2n) is 9.21. The average molecular weight is 444 g/mol. The first kappa shape index (κ1) is 22.2. The molecule has 0 aliphatic carbocycles. The fourth-order valence-electron chi connectivity index (χ4n) is 5.20. The predicted octanol–water partition coefficient (Wildman–Crippen LogP) is 2.85. The third-order valence-corrected chi connectivity index (χ3v) is 8.62. The van der Waals surface area contributed by atoms with Crippen LogP contribution in [-0.2, 0) is 16.4 Å². The van der Waals surface area contributed by atoms with E-state index in [9.17, 15) is 13.2 Å². The van der Waals surface area contributed by atoms with E-state index in [1.54, 1.807) is 0 Å². The van der Waals surface area contributed by atoms with Crippen LogP contribution in [0, 0.1) is 13.8 Å². The van der Waals surface area contributed by atoms with Gasteiger partial charge < -0.3 is 4.57 Å². The quantitative estimate of drug-likeness (QED) is 0.616. The lowest BCUT2D eigenvalue weighted by molar-refractivity contribution is 0.0939. The first-order chi connectivity index (χ1) is 14.7. The van der Waals surface area contributed by atoms with Gasteiger partial charge in [0, 0.05) is 48.7 Å². The molecule has 168 valence electrons. The van der Waals surface area contributed by atoms with Crippen LogP contribution in [0.4, 0.5) is 0 Å². The van der Waals surface area contributed by atoms with Gasteiger partial charge in [0.25, 0.3) is 0 Å². The molecule has 4 rings (SSSR count). The summed E-state index contributed by atoms with van der Waals surface area (Å²) >= 11 is 0. The van der Waals surface area contributed by atoms with Crippen molar-refractivity contribution in [3.63, 3.8) is 0 Å². The Balaban J connectivity index is 1.37. The minimum atomic E-state index is -2.96. The van der Waals surface area contributed by atoms with Crippen molar-refractivity contribution in [2.45, 2.75) is 45.3 Å². The zero-order chi connectivity index (χ0) is 22.2. The average Bonchev–Trinajstić information content (AvgIpc) is 3.40. The standard InChI is InChI=1S/C24H33N3O3S/c1-18-13-23(19(2)27(18)22-10-12-31(29,30)17-22)24(28)16-26-11-9-21(15-26)25(3)14-20-7-5-4-6-8-20/h4-8,13,21-22H,9-12,14-17H2,1-3H3/t21-,22+/m0/s1. The van der Waals surface area contributed by atoms with Crippen molar-refractivity contribution >= 4 is 15.6 Å². The lowest BCUT2D eigenvalue weighted by Gasteiger charge is -2.24. The molecule has 2 aromatic rings. The van der Waals surface area contributed by atoms with E-state index >= 15 is 0 Å². The first-order valence-electron chi connectivity index (χ1n) is 11.1. The van der Waals surface area contributed by atoms with Gasteiger partial charge in [0.1, 0.15) is 0 Å². The van der Waals surface area contributed by atoms with Crippen LogP contribution in [0.1, 0.15) is 46.2 Å². The van der Waals surface area contributed by atoms with Crippen LogP contribution in [-0.4, -0.2) is 72.8 Å². The molecule has 0 bridgehead atoms. The minimum absolute atomic E-state index is 0.0469.